The van der Waals surface area contributed by atoms with E-state index in [1.54, 1.807) is 35.1 Å². The van der Waals surface area contributed by atoms with Gasteiger partial charge in [-0.05, 0) is 31.2 Å². The number of aromatic nitrogens is 5. The molecular formula is C23H25FN8O3S. The fourth-order valence-corrected chi connectivity index (χ4v) is 5.09. The lowest BCUT2D eigenvalue weighted by Crippen LogP contribution is -2.48. The normalized spacial score (nSPS) is 15.8. The van der Waals surface area contributed by atoms with Crippen LogP contribution in [0.3, 0.4) is 0 Å². The largest absolute Gasteiger partial charge is 0.366 e. The average Bonchev–Trinajstić information content (AvgIpc) is 3.27. The van der Waals surface area contributed by atoms with Gasteiger partial charge in [0.1, 0.15) is 11.6 Å². The molecule has 1 fully saturated rings. The Labute approximate surface area is 206 Å². The van der Waals surface area contributed by atoms with Crippen molar-refractivity contribution in [1.29, 1.82) is 0 Å². The number of H-pyrrole nitrogens is 1. The molecule has 36 heavy (non-hydrogen) atoms. The molecule has 0 bridgehead atoms. The lowest BCUT2D eigenvalue weighted by atomic mass is 10.2. The first-order chi connectivity index (χ1) is 17.2. The first kappa shape index (κ1) is 23.9. The van der Waals surface area contributed by atoms with E-state index in [0.717, 1.165) is 11.9 Å². The summed E-state index contributed by atoms with van der Waals surface area (Å²) in [6.07, 6.45) is 5.52. The fourth-order valence-electron chi connectivity index (χ4n) is 4.26. The van der Waals surface area contributed by atoms with Gasteiger partial charge in [-0.1, -0.05) is 0 Å². The minimum absolute atomic E-state index is 0.272. The minimum atomic E-state index is -3.28. The van der Waals surface area contributed by atoms with Gasteiger partial charge in [-0.3, -0.25) is 9.78 Å². The summed E-state index contributed by atoms with van der Waals surface area (Å²) in [5, 5.41) is 8.00. The molecule has 0 unspecified atom stereocenters. The van der Waals surface area contributed by atoms with Gasteiger partial charge < -0.3 is 15.2 Å². The second kappa shape index (κ2) is 9.32. The number of nitrogens with one attached hydrogen (secondary N) is 2. The zero-order valence-corrected chi connectivity index (χ0v) is 20.5. The molecule has 4 aromatic heterocycles. The number of fused-ring (bicyclic) bond motifs is 1. The highest BCUT2D eigenvalue weighted by atomic mass is 32.2. The van der Waals surface area contributed by atoms with Crippen LogP contribution in [0.4, 0.5) is 15.9 Å². The van der Waals surface area contributed by atoms with Crippen LogP contribution < -0.4 is 15.8 Å². The number of anilines is 2. The predicted octanol–water partition coefficient (Wildman–Crippen LogP) is 1.87. The average molecular weight is 513 g/mol. The van der Waals surface area contributed by atoms with E-state index in [2.05, 4.69) is 25.2 Å². The van der Waals surface area contributed by atoms with E-state index < -0.39 is 15.8 Å². The van der Waals surface area contributed by atoms with E-state index in [-0.39, 0.29) is 11.6 Å². The van der Waals surface area contributed by atoms with Crippen molar-refractivity contribution in [2.24, 2.45) is 0 Å². The molecule has 11 nitrogen and oxygen atoms in total. The molecule has 0 radical (unpaired) electrons. The summed E-state index contributed by atoms with van der Waals surface area (Å²) in [5.74, 6) is 0.0745. The molecule has 0 saturated carbocycles. The molecule has 1 aliphatic rings. The van der Waals surface area contributed by atoms with Gasteiger partial charge in [0.2, 0.25) is 10.0 Å². The zero-order valence-electron chi connectivity index (χ0n) is 19.7. The van der Waals surface area contributed by atoms with Gasteiger partial charge in [-0.15, -0.1) is 5.10 Å². The van der Waals surface area contributed by atoms with E-state index in [1.165, 1.54) is 16.6 Å². The quantitative estimate of drug-likeness (QED) is 0.401. The van der Waals surface area contributed by atoms with Crippen LogP contribution in [0.1, 0.15) is 18.7 Å². The van der Waals surface area contributed by atoms with Gasteiger partial charge in [0.05, 0.1) is 47.3 Å². The SMILES string of the molecule is C[C@H](Nc1cc(N2CCN(S(C)(=O)=O)CC2)c2ncc(-c3ccc[nH]c3=O)n2n1)c1ccc(F)cn1. The van der Waals surface area contributed by atoms with Crippen LogP contribution in [0.15, 0.2) is 53.7 Å². The molecule has 0 aromatic carbocycles. The highest BCUT2D eigenvalue weighted by molar-refractivity contribution is 7.88. The van der Waals surface area contributed by atoms with Gasteiger partial charge >= 0.3 is 0 Å². The summed E-state index contributed by atoms with van der Waals surface area (Å²) in [7, 11) is -3.28. The number of halogens is 1. The lowest BCUT2D eigenvalue weighted by molar-refractivity contribution is 0.388. The topological polar surface area (TPSA) is 129 Å². The predicted molar refractivity (Wildman–Crippen MR) is 134 cm³/mol. The number of pyridine rings is 2. The number of hydrogen-bond acceptors (Lipinski definition) is 8. The van der Waals surface area contributed by atoms with Gasteiger partial charge in [-0.2, -0.15) is 4.31 Å². The van der Waals surface area contributed by atoms with Gasteiger partial charge in [-0.25, -0.2) is 22.3 Å². The van der Waals surface area contributed by atoms with Crippen molar-refractivity contribution in [2.45, 2.75) is 13.0 Å². The van der Waals surface area contributed by atoms with Crippen LogP contribution in [0, 0.1) is 5.82 Å². The molecule has 4 aromatic rings. The van der Waals surface area contributed by atoms with Crippen LogP contribution in [0.25, 0.3) is 16.9 Å². The van der Waals surface area contributed by atoms with Gasteiger partial charge in [0, 0.05) is 38.4 Å². The highest BCUT2D eigenvalue weighted by Gasteiger charge is 2.26. The molecular weight excluding hydrogens is 487 g/mol. The Hall–Kier alpha value is -3.84. The molecule has 1 saturated heterocycles. The molecule has 0 amide bonds. The van der Waals surface area contributed by atoms with E-state index in [4.69, 9.17) is 5.10 Å². The van der Waals surface area contributed by atoms with Crippen LogP contribution in [0.5, 0.6) is 0 Å². The summed E-state index contributed by atoms with van der Waals surface area (Å²) in [5.41, 5.74) is 2.58. The molecule has 1 aliphatic heterocycles. The lowest BCUT2D eigenvalue weighted by Gasteiger charge is -2.34. The number of aromatic amines is 1. The molecule has 0 spiro atoms. The van der Waals surface area contributed by atoms with E-state index >= 15 is 0 Å². The molecule has 2 N–H and O–H groups in total. The fraction of sp³-hybridized carbons (Fsp3) is 0.304. The third-order valence-corrected chi connectivity index (χ3v) is 7.45. The van der Waals surface area contributed by atoms with Gasteiger partial charge in [0.15, 0.2) is 5.65 Å². The Morgan fingerprint density at radius 2 is 1.89 bits per heavy atom. The Bertz CT molecular complexity index is 1560. The third kappa shape index (κ3) is 4.66. The van der Waals surface area contributed by atoms with Crippen LogP contribution in [-0.4, -0.2) is 69.7 Å². The third-order valence-electron chi connectivity index (χ3n) is 6.15. The second-order valence-corrected chi connectivity index (χ2v) is 10.6. The van der Waals surface area contributed by atoms with E-state index in [1.807, 2.05) is 13.0 Å². The highest BCUT2D eigenvalue weighted by Crippen LogP contribution is 2.29. The van der Waals surface area contributed by atoms with E-state index in [9.17, 15) is 17.6 Å². The summed E-state index contributed by atoms with van der Waals surface area (Å²) in [6, 6.07) is 7.92. The van der Waals surface area contributed by atoms with Crippen molar-refractivity contribution in [1.82, 2.24) is 28.9 Å². The summed E-state index contributed by atoms with van der Waals surface area (Å²) >= 11 is 0. The Morgan fingerprint density at radius 3 is 2.56 bits per heavy atom. The summed E-state index contributed by atoms with van der Waals surface area (Å²) in [6.45, 7) is 3.51. The molecule has 13 heteroatoms. The number of sulfonamides is 1. The maximum absolute atomic E-state index is 13.3. The van der Waals surface area contributed by atoms with Crippen molar-refractivity contribution in [3.05, 3.63) is 70.8 Å². The summed E-state index contributed by atoms with van der Waals surface area (Å²) < 4.78 is 40.3. The maximum Gasteiger partial charge on any atom is 0.257 e. The Balaban J connectivity index is 1.56. The number of rotatable bonds is 6. The van der Waals surface area contributed by atoms with Crippen molar-refractivity contribution >= 4 is 27.2 Å². The van der Waals surface area contributed by atoms with Crippen molar-refractivity contribution in [3.63, 3.8) is 0 Å². The Kier molecular flexibility index (Phi) is 6.18. The summed E-state index contributed by atoms with van der Waals surface area (Å²) in [4.78, 5) is 25.9. The second-order valence-electron chi connectivity index (χ2n) is 8.62. The first-order valence-electron chi connectivity index (χ1n) is 11.4. The van der Waals surface area contributed by atoms with Crippen LogP contribution in [0.2, 0.25) is 0 Å². The molecule has 5 heterocycles. The smallest absolute Gasteiger partial charge is 0.257 e. The van der Waals surface area contributed by atoms with Crippen LogP contribution >= 0.6 is 0 Å². The number of nitrogens with zero attached hydrogens (tertiary/aromatic N) is 6. The zero-order chi connectivity index (χ0) is 25.4. The Morgan fingerprint density at radius 1 is 1.11 bits per heavy atom. The standard InChI is InChI=1S/C23H25FN8O3S/c1-15(18-6-5-16(24)13-26-18)28-21-12-19(30-8-10-31(11-9-30)36(2,34)35)22-27-14-20(32(22)29-21)17-4-3-7-25-23(17)33/h3-7,12-15H,8-11H2,1-2H3,(H,25,33)(H,28,29)/t15-/m0/s1. The molecule has 0 aliphatic carbocycles. The van der Waals surface area contributed by atoms with Crippen LogP contribution in [-0.2, 0) is 10.0 Å². The molecule has 1 atom stereocenters. The maximum atomic E-state index is 13.3. The molecule has 188 valence electrons. The van der Waals surface area contributed by atoms with Gasteiger partial charge in [0.25, 0.3) is 5.56 Å². The number of hydrogen-bond donors (Lipinski definition) is 2. The number of imidazole rings is 1. The molecule has 5 rings (SSSR count). The monoisotopic (exact) mass is 512 g/mol. The number of piperazine rings is 1. The van der Waals surface area contributed by atoms with Crippen molar-refractivity contribution < 1.29 is 12.8 Å². The minimum Gasteiger partial charge on any atom is -0.366 e. The first-order valence-corrected chi connectivity index (χ1v) is 13.2. The van der Waals surface area contributed by atoms with E-state index in [0.29, 0.717) is 54.6 Å². The van der Waals surface area contributed by atoms with Crippen molar-refractivity contribution in [2.75, 3.05) is 42.7 Å². The van der Waals surface area contributed by atoms with Crippen molar-refractivity contribution in [3.8, 4) is 11.3 Å².